The number of hydrogen-bond acceptors (Lipinski definition) is 3. The minimum atomic E-state index is 0. The highest BCUT2D eigenvalue weighted by Gasteiger charge is 2.01. The van der Waals surface area contributed by atoms with E-state index in [1.54, 1.807) is 18.4 Å². The molecule has 7 heteroatoms. The molecular weight excluding hydrogens is 431 g/mol. The van der Waals surface area contributed by atoms with E-state index >= 15 is 0 Å². The van der Waals surface area contributed by atoms with Gasteiger partial charge in [-0.25, -0.2) is 4.98 Å². The molecule has 0 bridgehead atoms. The molecule has 0 radical (unpaired) electrons. The van der Waals surface area contributed by atoms with Gasteiger partial charge in [0.05, 0.1) is 6.54 Å². The monoisotopic (exact) mass is 450 g/mol. The van der Waals surface area contributed by atoms with E-state index in [0.29, 0.717) is 6.54 Å². The number of nitrogens with one attached hydrogen (secondary N) is 2. The van der Waals surface area contributed by atoms with E-state index in [2.05, 4.69) is 27.5 Å². The maximum absolute atomic E-state index is 5.87. The van der Waals surface area contributed by atoms with Crippen LogP contribution in [0, 0.1) is 6.92 Å². The summed E-state index contributed by atoms with van der Waals surface area (Å²) in [7, 11) is 1.77. The molecule has 0 aliphatic rings. The van der Waals surface area contributed by atoms with Crippen LogP contribution < -0.4 is 10.6 Å². The van der Waals surface area contributed by atoms with Crippen molar-refractivity contribution in [1.29, 1.82) is 0 Å². The van der Waals surface area contributed by atoms with E-state index in [1.807, 2.05) is 30.5 Å². The molecule has 2 N–H and O–H groups in total. The lowest BCUT2D eigenvalue weighted by Crippen LogP contribution is -2.37. The average molecular weight is 451 g/mol. The first-order chi connectivity index (χ1) is 10.2. The van der Waals surface area contributed by atoms with E-state index in [0.717, 1.165) is 29.0 Å². The van der Waals surface area contributed by atoms with Gasteiger partial charge in [-0.15, -0.1) is 35.3 Å². The average Bonchev–Trinajstić information content (AvgIpc) is 2.90. The van der Waals surface area contributed by atoms with Crippen molar-refractivity contribution in [3.63, 3.8) is 0 Å². The Balaban J connectivity index is 0.00000242. The summed E-state index contributed by atoms with van der Waals surface area (Å²) < 4.78 is 0. The Morgan fingerprint density at radius 1 is 1.27 bits per heavy atom. The molecular formula is C15H20ClIN4S. The molecule has 1 aromatic carbocycles. The maximum Gasteiger partial charge on any atom is 0.191 e. The van der Waals surface area contributed by atoms with Crippen molar-refractivity contribution in [2.24, 2.45) is 4.99 Å². The molecule has 2 rings (SSSR count). The lowest BCUT2D eigenvalue weighted by molar-refractivity contribution is 0.792. The van der Waals surface area contributed by atoms with Gasteiger partial charge in [0.1, 0.15) is 5.01 Å². The van der Waals surface area contributed by atoms with Crippen molar-refractivity contribution in [3.8, 4) is 0 Å². The molecule has 0 spiro atoms. The number of thiazole rings is 1. The van der Waals surface area contributed by atoms with Crippen LogP contribution in [0.3, 0.4) is 0 Å². The molecule has 0 saturated carbocycles. The van der Waals surface area contributed by atoms with Crippen LogP contribution in [-0.4, -0.2) is 24.5 Å². The SMILES string of the molecule is CN=C(NCCc1ccc(Cl)cc1)NCc1ncc(C)s1.I. The van der Waals surface area contributed by atoms with Crippen LogP contribution in [0.15, 0.2) is 35.5 Å². The van der Waals surface area contributed by atoms with Crippen molar-refractivity contribution in [2.45, 2.75) is 19.9 Å². The van der Waals surface area contributed by atoms with Crippen LogP contribution in [0.2, 0.25) is 5.02 Å². The lowest BCUT2D eigenvalue weighted by atomic mass is 10.1. The summed E-state index contributed by atoms with van der Waals surface area (Å²) in [6.45, 7) is 3.57. The fraction of sp³-hybridized carbons (Fsp3) is 0.333. The molecule has 22 heavy (non-hydrogen) atoms. The first-order valence-corrected chi connectivity index (χ1v) is 7.97. The number of guanidine groups is 1. The molecule has 0 aliphatic heterocycles. The van der Waals surface area contributed by atoms with Crippen LogP contribution in [-0.2, 0) is 13.0 Å². The predicted octanol–water partition coefficient (Wildman–Crippen LogP) is 3.63. The summed E-state index contributed by atoms with van der Waals surface area (Å²) in [6.07, 6.45) is 2.81. The molecule has 1 aromatic heterocycles. The lowest BCUT2D eigenvalue weighted by Gasteiger charge is -2.10. The summed E-state index contributed by atoms with van der Waals surface area (Å²) >= 11 is 7.56. The largest absolute Gasteiger partial charge is 0.356 e. The zero-order valence-electron chi connectivity index (χ0n) is 12.6. The maximum atomic E-state index is 5.87. The summed E-state index contributed by atoms with van der Waals surface area (Å²) in [5.74, 6) is 0.789. The van der Waals surface area contributed by atoms with Gasteiger partial charge in [-0.3, -0.25) is 4.99 Å². The molecule has 1 heterocycles. The predicted molar refractivity (Wildman–Crippen MR) is 106 cm³/mol. The highest BCUT2D eigenvalue weighted by molar-refractivity contribution is 14.0. The Bertz CT molecular complexity index is 598. The van der Waals surface area contributed by atoms with Gasteiger partial charge in [0.15, 0.2) is 5.96 Å². The number of halogens is 2. The number of aryl methyl sites for hydroxylation is 1. The van der Waals surface area contributed by atoms with Crippen molar-refractivity contribution in [3.05, 3.63) is 50.9 Å². The highest BCUT2D eigenvalue weighted by atomic mass is 127. The molecule has 4 nitrogen and oxygen atoms in total. The van der Waals surface area contributed by atoms with E-state index in [4.69, 9.17) is 11.6 Å². The standard InChI is InChI=1S/C15H19ClN4S.HI/c1-11-9-19-14(21-11)10-20-15(17-2)18-8-7-12-3-5-13(16)6-4-12;/h3-6,9H,7-8,10H2,1-2H3,(H2,17,18,20);1H. The fourth-order valence-electron chi connectivity index (χ4n) is 1.84. The van der Waals surface area contributed by atoms with Crippen LogP contribution >= 0.6 is 46.9 Å². The zero-order chi connectivity index (χ0) is 15.1. The third-order valence-electron chi connectivity index (χ3n) is 2.92. The van der Waals surface area contributed by atoms with Crippen molar-refractivity contribution < 1.29 is 0 Å². The number of hydrogen-bond donors (Lipinski definition) is 2. The molecule has 0 fully saturated rings. The normalized spacial score (nSPS) is 11.0. The minimum absolute atomic E-state index is 0. The topological polar surface area (TPSA) is 49.3 Å². The quantitative estimate of drug-likeness (QED) is 0.415. The van der Waals surface area contributed by atoms with Gasteiger partial charge in [-0.2, -0.15) is 0 Å². The van der Waals surface area contributed by atoms with Gasteiger partial charge in [0.25, 0.3) is 0 Å². The Labute approximate surface area is 157 Å². The second-order valence-electron chi connectivity index (χ2n) is 4.59. The fourth-order valence-corrected chi connectivity index (χ4v) is 2.69. The van der Waals surface area contributed by atoms with Crippen LogP contribution in [0.25, 0.3) is 0 Å². The number of aliphatic imine (C=N–C) groups is 1. The van der Waals surface area contributed by atoms with Gasteiger partial charge in [-0.1, -0.05) is 23.7 Å². The molecule has 0 aliphatic carbocycles. The Morgan fingerprint density at radius 2 is 2.00 bits per heavy atom. The number of benzene rings is 1. The Morgan fingerprint density at radius 3 is 2.59 bits per heavy atom. The Kier molecular flexibility index (Phi) is 8.74. The summed E-state index contributed by atoms with van der Waals surface area (Å²) in [5, 5.41) is 8.38. The smallest absolute Gasteiger partial charge is 0.191 e. The van der Waals surface area contributed by atoms with Gasteiger partial charge in [-0.05, 0) is 31.0 Å². The van der Waals surface area contributed by atoms with Crippen LogP contribution in [0.5, 0.6) is 0 Å². The summed E-state index contributed by atoms with van der Waals surface area (Å²) in [5.41, 5.74) is 1.25. The van der Waals surface area contributed by atoms with E-state index in [-0.39, 0.29) is 24.0 Å². The number of nitrogens with zero attached hydrogens (tertiary/aromatic N) is 2. The molecule has 0 unspecified atom stereocenters. The second kappa shape index (κ2) is 10.0. The third kappa shape index (κ3) is 6.50. The number of aromatic nitrogens is 1. The van der Waals surface area contributed by atoms with Crippen molar-refractivity contribution >= 4 is 52.9 Å². The van der Waals surface area contributed by atoms with Gasteiger partial charge in [0.2, 0.25) is 0 Å². The van der Waals surface area contributed by atoms with Gasteiger partial charge >= 0.3 is 0 Å². The second-order valence-corrected chi connectivity index (χ2v) is 6.35. The summed E-state index contributed by atoms with van der Waals surface area (Å²) in [4.78, 5) is 9.74. The van der Waals surface area contributed by atoms with Crippen molar-refractivity contribution in [2.75, 3.05) is 13.6 Å². The van der Waals surface area contributed by atoms with E-state index in [1.165, 1.54) is 10.4 Å². The van der Waals surface area contributed by atoms with E-state index < -0.39 is 0 Å². The summed E-state index contributed by atoms with van der Waals surface area (Å²) in [6, 6.07) is 7.90. The highest BCUT2D eigenvalue weighted by Crippen LogP contribution is 2.10. The van der Waals surface area contributed by atoms with Crippen LogP contribution in [0.4, 0.5) is 0 Å². The van der Waals surface area contributed by atoms with Gasteiger partial charge in [0, 0.05) is 29.7 Å². The zero-order valence-corrected chi connectivity index (χ0v) is 16.5. The van der Waals surface area contributed by atoms with Crippen LogP contribution in [0.1, 0.15) is 15.4 Å². The minimum Gasteiger partial charge on any atom is -0.356 e. The molecule has 120 valence electrons. The number of rotatable bonds is 5. The molecule has 0 saturated heterocycles. The Hall–Kier alpha value is -0.860. The van der Waals surface area contributed by atoms with E-state index in [9.17, 15) is 0 Å². The van der Waals surface area contributed by atoms with Gasteiger partial charge < -0.3 is 10.6 Å². The molecule has 0 atom stereocenters. The first-order valence-electron chi connectivity index (χ1n) is 6.77. The molecule has 2 aromatic rings. The molecule has 0 amide bonds. The third-order valence-corrected chi connectivity index (χ3v) is 4.08. The van der Waals surface area contributed by atoms with Crippen molar-refractivity contribution in [1.82, 2.24) is 15.6 Å². The first kappa shape index (κ1) is 19.2.